The molecule has 40 heavy (non-hydrogen) atoms. The molecule has 0 saturated carbocycles. The molecule has 0 bridgehead atoms. The Bertz CT molecular complexity index is 1880. The van der Waals surface area contributed by atoms with E-state index in [0.29, 0.717) is 17.0 Å². The van der Waals surface area contributed by atoms with E-state index in [1.165, 1.54) is 24.3 Å². The Balaban J connectivity index is 1.59. The molecular weight excluding hydrogens is 516 g/mol. The van der Waals surface area contributed by atoms with Gasteiger partial charge in [-0.25, -0.2) is 0 Å². The van der Waals surface area contributed by atoms with E-state index >= 15 is 0 Å². The first-order chi connectivity index (χ1) is 19.2. The van der Waals surface area contributed by atoms with Gasteiger partial charge in [0.1, 0.15) is 5.75 Å². The Kier molecular flexibility index (Phi) is 6.78. The van der Waals surface area contributed by atoms with Gasteiger partial charge in [0.15, 0.2) is 5.36 Å². The fraction of sp³-hybridized carbons (Fsp3) is 0.138. The van der Waals surface area contributed by atoms with Crippen LogP contribution >= 0.6 is 0 Å². The summed E-state index contributed by atoms with van der Waals surface area (Å²) in [5.74, 6) is -2.74. The van der Waals surface area contributed by atoms with E-state index in [2.05, 4.69) is 15.6 Å². The summed E-state index contributed by atoms with van der Waals surface area (Å²) in [4.78, 5) is 64.0. The van der Waals surface area contributed by atoms with Gasteiger partial charge >= 0.3 is 5.97 Å². The molecule has 0 aromatic heterocycles. The van der Waals surface area contributed by atoms with Gasteiger partial charge in [-0.2, -0.15) is 15.2 Å². The van der Waals surface area contributed by atoms with E-state index < -0.39 is 39.9 Å². The smallest absolute Gasteiger partial charge is 0.310 e. The van der Waals surface area contributed by atoms with Gasteiger partial charge in [-0.05, 0) is 54.6 Å². The monoisotopic (exact) mass is 537 g/mol. The van der Waals surface area contributed by atoms with Crippen LogP contribution in [0.25, 0.3) is 10.8 Å². The van der Waals surface area contributed by atoms with Crippen LogP contribution in [0.15, 0.2) is 80.5 Å². The van der Waals surface area contributed by atoms with E-state index in [0.717, 1.165) is 12.5 Å². The highest BCUT2D eigenvalue weighted by Crippen LogP contribution is 2.33. The lowest BCUT2D eigenvalue weighted by Crippen LogP contribution is -2.32. The second-order valence-corrected chi connectivity index (χ2v) is 8.99. The van der Waals surface area contributed by atoms with E-state index in [9.17, 15) is 29.1 Å². The van der Waals surface area contributed by atoms with Crippen molar-refractivity contribution >= 4 is 40.1 Å². The molecule has 0 atom stereocenters. The average Bonchev–Trinajstić information content (AvgIpc) is 3.33. The zero-order chi connectivity index (χ0) is 28.6. The predicted molar refractivity (Wildman–Crippen MR) is 143 cm³/mol. The molecule has 5 rings (SSSR count). The summed E-state index contributed by atoms with van der Waals surface area (Å²) >= 11 is 0. The molecule has 0 radical (unpaired) electrons. The van der Waals surface area contributed by atoms with Gasteiger partial charge in [-0.1, -0.05) is 43.3 Å². The molecule has 11 heteroatoms. The molecular formula is C29H21N4O7-. The lowest BCUT2D eigenvalue weighted by molar-refractivity contribution is -0.217. The number of hydrogen-bond donors (Lipinski definition) is 1. The van der Waals surface area contributed by atoms with Crippen molar-refractivity contribution in [2.75, 3.05) is 5.43 Å². The number of anilines is 1. The van der Waals surface area contributed by atoms with Crippen LogP contribution in [-0.4, -0.2) is 28.7 Å². The number of rotatable bonds is 7. The van der Waals surface area contributed by atoms with Crippen molar-refractivity contribution in [1.29, 1.82) is 0 Å². The number of carbonyl (C=O) groups excluding carboxylic acids is 3. The molecule has 0 spiro atoms. The zero-order valence-corrected chi connectivity index (χ0v) is 21.4. The molecule has 0 aliphatic carbocycles. The van der Waals surface area contributed by atoms with Gasteiger partial charge in [0, 0.05) is 17.2 Å². The Morgan fingerprint density at radius 3 is 2.33 bits per heavy atom. The van der Waals surface area contributed by atoms with Crippen molar-refractivity contribution in [3.8, 4) is 5.75 Å². The quantitative estimate of drug-likeness (QED) is 0.0929. The number of fused-ring (bicyclic) bond motifs is 2. The SMILES string of the molecule is CCC(=O)Oc1ccc2c(=O)c(=NNc3ccc(Cc4ccccc4)c4c3C(=O)N(/N=C(\C)[O-])C4=O)c(=O)c2c1. The standard InChI is InChI=1S/C29H22N4O7/c1-3-22(35)40-18-10-11-19-20(14-18)27(37)25(26(19)36)31-30-21-12-9-17(13-16-7-5-4-6-8-16)23-24(21)29(39)33(28(23)38)32-15(2)34/h4-12,14,30H,3,13H2,1-2H3,(H,32,34)/p-1. The van der Waals surface area contributed by atoms with Crippen LogP contribution in [0.5, 0.6) is 5.75 Å². The van der Waals surface area contributed by atoms with E-state index in [1.54, 1.807) is 13.0 Å². The molecule has 0 unspecified atom stereocenters. The fourth-order valence-corrected chi connectivity index (χ4v) is 4.46. The Hall–Kier alpha value is -5.45. The molecule has 0 saturated heterocycles. The summed E-state index contributed by atoms with van der Waals surface area (Å²) < 4.78 is 5.14. The van der Waals surface area contributed by atoms with Crippen molar-refractivity contribution in [2.24, 2.45) is 10.2 Å². The van der Waals surface area contributed by atoms with Gasteiger partial charge in [-0.3, -0.25) is 29.4 Å². The molecule has 1 N–H and O–H groups in total. The fourth-order valence-electron chi connectivity index (χ4n) is 4.46. The minimum Gasteiger partial charge on any atom is -0.861 e. The third-order valence-corrected chi connectivity index (χ3v) is 6.30. The minimum atomic E-state index is -0.845. The van der Waals surface area contributed by atoms with Crippen LogP contribution in [-0.2, 0) is 11.2 Å². The van der Waals surface area contributed by atoms with Crippen LogP contribution in [0, 0.1) is 0 Å². The average molecular weight is 538 g/mol. The molecule has 200 valence electrons. The second kappa shape index (κ2) is 10.4. The van der Waals surface area contributed by atoms with Crippen LogP contribution in [0.1, 0.15) is 52.1 Å². The van der Waals surface area contributed by atoms with Crippen molar-refractivity contribution < 1.29 is 24.2 Å². The third kappa shape index (κ3) is 4.64. The maximum Gasteiger partial charge on any atom is 0.310 e. The number of hydrogen-bond acceptors (Lipinski definition) is 10. The first kappa shape index (κ1) is 26.2. The summed E-state index contributed by atoms with van der Waals surface area (Å²) in [6.07, 6.45) is 0.454. The Labute approximate surface area is 226 Å². The van der Waals surface area contributed by atoms with Crippen molar-refractivity contribution in [2.45, 2.75) is 26.7 Å². The van der Waals surface area contributed by atoms with Crippen molar-refractivity contribution in [1.82, 2.24) is 5.01 Å². The van der Waals surface area contributed by atoms with Gasteiger partial charge in [0.05, 0.1) is 16.8 Å². The minimum absolute atomic E-state index is 0.0214. The van der Waals surface area contributed by atoms with E-state index in [4.69, 9.17) is 4.74 Å². The normalized spacial score (nSPS) is 13.7. The summed E-state index contributed by atoms with van der Waals surface area (Å²) in [7, 11) is 0. The van der Waals surface area contributed by atoms with Crippen LogP contribution in [0.4, 0.5) is 5.69 Å². The first-order valence-electron chi connectivity index (χ1n) is 12.3. The summed E-state index contributed by atoms with van der Waals surface area (Å²) in [6.45, 7) is 2.74. The highest BCUT2D eigenvalue weighted by molar-refractivity contribution is 6.24. The molecule has 1 heterocycles. The number of esters is 1. The topological polar surface area (TPSA) is 158 Å². The number of ether oxygens (including phenoxy) is 1. The number of nitrogens with zero attached hydrogens (tertiary/aromatic N) is 3. The van der Waals surface area contributed by atoms with Gasteiger partial charge < -0.3 is 9.84 Å². The lowest BCUT2D eigenvalue weighted by atomic mass is 9.95. The Morgan fingerprint density at radius 1 is 0.925 bits per heavy atom. The van der Waals surface area contributed by atoms with Crippen molar-refractivity contribution in [3.05, 3.63) is 109 Å². The highest BCUT2D eigenvalue weighted by atomic mass is 16.5. The van der Waals surface area contributed by atoms with Gasteiger partial charge in [0.2, 0.25) is 10.9 Å². The molecule has 1 aliphatic rings. The maximum atomic E-state index is 13.2. The maximum absolute atomic E-state index is 13.2. The first-order valence-corrected chi connectivity index (χ1v) is 12.3. The number of imide groups is 1. The van der Waals surface area contributed by atoms with Gasteiger partial charge in [-0.15, -0.1) is 0 Å². The van der Waals surface area contributed by atoms with E-state index in [-0.39, 0.29) is 39.8 Å². The largest absolute Gasteiger partial charge is 0.861 e. The van der Waals surface area contributed by atoms with Gasteiger partial charge in [0.25, 0.3) is 11.8 Å². The predicted octanol–water partition coefficient (Wildman–Crippen LogP) is 1.56. The number of amides is 2. The van der Waals surface area contributed by atoms with Crippen LogP contribution in [0.3, 0.4) is 0 Å². The highest BCUT2D eigenvalue weighted by Gasteiger charge is 2.40. The molecule has 4 aromatic rings. The number of benzene rings is 3. The summed E-state index contributed by atoms with van der Waals surface area (Å²) in [5, 5.41) is 19.3. The summed E-state index contributed by atoms with van der Waals surface area (Å²) in [6, 6.07) is 16.5. The van der Waals surface area contributed by atoms with Crippen molar-refractivity contribution in [3.63, 3.8) is 0 Å². The zero-order valence-electron chi connectivity index (χ0n) is 21.4. The number of nitrogens with one attached hydrogen (secondary N) is 1. The lowest BCUT2D eigenvalue weighted by Gasteiger charge is -2.11. The molecule has 1 aliphatic heterocycles. The summed E-state index contributed by atoms with van der Waals surface area (Å²) in [5.41, 5.74) is 2.64. The van der Waals surface area contributed by atoms with Crippen LogP contribution in [0.2, 0.25) is 0 Å². The third-order valence-electron chi connectivity index (χ3n) is 6.30. The number of hydrazone groups is 1. The van der Waals surface area contributed by atoms with E-state index in [1.807, 2.05) is 30.3 Å². The molecule has 4 aromatic carbocycles. The molecule has 11 nitrogen and oxygen atoms in total. The molecule has 2 amide bonds. The molecule has 0 fully saturated rings. The second-order valence-electron chi connectivity index (χ2n) is 8.99. The Morgan fingerprint density at radius 2 is 1.62 bits per heavy atom. The number of carbonyl (C=O) groups is 3. The van der Waals surface area contributed by atoms with Crippen LogP contribution < -0.4 is 31.5 Å².